The molecule has 5 nitrogen and oxygen atoms in total. The van der Waals surface area contributed by atoms with E-state index in [1.165, 1.54) is 25.3 Å². The highest BCUT2D eigenvalue weighted by atomic mass is 19.1. The molecule has 2 aliphatic rings. The van der Waals surface area contributed by atoms with Crippen LogP contribution >= 0.6 is 0 Å². The monoisotopic (exact) mass is 479 g/mol. The molecule has 1 unspecified atom stereocenters. The number of benzene rings is 2. The fourth-order valence-corrected chi connectivity index (χ4v) is 5.40. The molecule has 2 amide bonds. The second-order valence-corrected chi connectivity index (χ2v) is 10.2. The van der Waals surface area contributed by atoms with Crippen molar-refractivity contribution in [2.45, 2.75) is 70.8 Å². The van der Waals surface area contributed by atoms with E-state index in [4.69, 9.17) is 0 Å². The summed E-state index contributed by atoms with van der Waals surface area (Å²) in [6.07, 6.45) is 7.39. The predicted molar refractivity (Wildman–Crippen MR) is 138 cm³/mol. The molecule has 1 aliphatic heterocycles. The highest BCUT2D eigenvalue weighted by molar-refractivity contribution is 5.90. The van der Waals surface area contributed by atoms with E-state index in [0.717, 1.165) is 48.2 Å². The van der Waals surface area contributed by atoms with Gasteiger partial charge in [0.15, 0.2) is 0 Å². The summed E-state index contributed by atoms with van der Waals surface area (Å²) in [4.78, 5) is 28.5. The first-order chi connectivity index (χ1) is 16.9. The maximum Gasteiger partial charge on any atom is 0.242 e. The number of amides is 2. The van der Waals surface area contributed by atoms with Crippen LogP contribution in [0.3, 0.4) is 0 Å². The standard InChI is InChI=1S/C29H38FN3O2/c1-20-8-10-23(11-9-20)21(2)28(34)32-26(18-22-6-4-3-5-7-22)29(35)31-15-17-33-16-14-24-19-25(30)12-13-27(24)33/h8-13,19,21-22,26H,3-7,14-18H2,1-2H3,(H,31,35)(H,32,34)/t21?,26-/m0/s1. The Hall–Kier alpha value is -2.89. The molecule has 2 aromatic carbocycles. The molecule has 1 heterocycles. The summed E-state index contributed by atoms with van der Waals surface area (Å²) in [5.74, 6) is -0.285. The molecule has 35 heavy (non-hydrogen) atoms. The third kappa shape index (κ3) is 6.62. The van der Waals surface area contributed by atoms with E-state index in [1.807, 2.05) is 44.2 Å². The summed E-state index contributed by atoms with van der Waals surface area (Å²) < 4.78 is 13.5. The van der Waals surface area contributed by atoms with Crippen LogP contribution < -0.4 is 15.5 Å². The Bertz CT molecular complexity index is 1020. The summed E-state index contributed by atoms with van der Waals surface area (Å²) in [6.45, 7) is 5.89. The van der Waals surface area contributed by atoms with Gasteiger partial charge in [-0.05, 0) is 61.9 Å². The van der Waals surface area contributed by atoms with Crippen LogP contribution in [0.25, 0.3) is 0 Å². The number of anilines is 1. The number of hydrogen-bond acceptors (Lipinski definition) is 3. The number of carbonyl (C=O) groups is 2. The molecule has 1 aliphatic carbocycles. The minimum absolute atomic E-state index is 0.111. The summed E-state index contributed by atoms with van der Waals surface area (Å²) >= 11 is 0. The highest BCUT2D eigenvalue weighted by Gasteiger charge is 2.28. The third-order valence-electron chi connectivity index (χ3n) is 7.61. The SMILES string of the molecule is Cc1ccc(C(C)C(=O)N[C@@H](CC2CCCCC2)C(=O)NCCN2CCc3cc(F)ccc32)cc1. The fraction of sp³-hybridized carbons (Fsp3) is 0.517. The van der Waals surface area contributed by atoms with Crippen molar-refractivity contribution in [1.29, 1.82) is 0 Å². The lowest BCUT2D eigenvalue weighted by Gasteiger charge is -2.28. The lowest BCUT2D eigenvalue weighted by Crippen LogP contribution is -2.50. The Labute approximate surface area is 208 Å². The Morgan fingerprint density at radius 3 is 2.54 bits per heavy atom. The Kier molecular flexibility index (Phi) is 8.42. The van der Waals surface area contributed by atoms with E-state index in [1.54, 1.807) is 6.07 Å². The van der Waals surface area contributed by atoms with Gasteiger partial charge in [0.05, 0.1) is 5.92 Å². The minimum Gasteiger partial charge on any atom is -0.369 e. The van der Waals surface area contributed by atoms with Crippen molar-refractivity contribution in [3.05, 3.63) is 65.0 Å². The Balaban J connectivity index is 1.35. The molecular weight excluding hydrogens is 441 g/mol. The number of carbonyl (C=O) groups excluding carboxylic acids is 2. The smallest absolute Gasteiger partial charge is 0.242 e. The number of fused-ring (bicyclic) bond motifs is 1. The van der Waals surface area contributed by atoms with E-state index in [0.29, 0.717) is 25.4 Å². The van der Waals surface area contributed by atoms with Crippen LogP contribution in [0.2, 0.25) is 0 Å². The molecule has 2 atom stereocenters. The van der Waals surface area contributed by atoms with Crippen molar-refractivity contribution in [3.63, 3.8) is 0 Å². The molecule has 1 fully saturated rings. The van der Waals surface area contributed by atoms with E-state index < -0.39 is 6.04 Å². The van der Waals surface area contributed by atoms with Crippen LogP contribution in [-0.4, -0.2) is 37.5 Å². The first-order valence-corrected chi connectivity index (χ1v) is 13.1. The van der Waals surface area contributed by atoms with Crippen LogP contribution in [-0.2, 0) is 16.0 Å². The van der Waals surface area contributed by atoms with Gasteiger partial charge in [-0.25, -0.2) is 4.39 Å². The number of nitrogens with one attached hydrogen (secondary N) is 2. The number of rotatable bonds is 9. The van der Waals surface area contributed by atoms with Gasteiger partial charge in [0.2, 0.25) is 11.8 Å². The number of nitrogens with zero attached hydrogens (tertiary/aromatic N) is 1. The zero-order valence-corrected chi connectivity index (χ0v) is 21.0. The second kappa shape index (κ2) is 11.7. The van der Waals surface area contributed by atoms with Crippen LogP contribution in [0.1, 0.15) is 68.1 Å². The topological polar surface area (TPSA) is 61.4 Å². The number of aryl methyl sites for hydroxylation is 1. The van der Waals surface area contributed by atoms with Gasteiger partial charge in [0, 0.05) is 25.3 Å². The van der Waals surface area contributed by atoms with Gasteiger partial charge >= 0.3 is 0 Å². The summed E-state index contributed by atoms with van der Waals surface area (Å²) in [5, 5.41) is 6.13. The van der Waals surface area contributed by atoms with E-state index in [2.05, 4.69) is 15.5 Å². The highest BCUT2D eigenvalue weighted by Crippen LogP contribution is 2.29. The molecule has 0 spiro atoms. The summed E-state index contributed by atoms with van der Waals surface area (Å²) in [5.41, 5.74) is 4.17. The van der Waals surface area contributed by atoms with Gasteiger partial charge in [-0.2, -0.15) is 0 Å². The first-order valence-electron chi connectivity index (χ1n) is 13.1. The molecular formula is C29H38FN3O2. The van der Waals surface area contributed by atoms with Gasteiger partial charge in [0.25, 0.3) is 0 Å². The van der Waals surface area contributed by atoms with Crippen molar-refractivity contribution in [1.82, 2.24) is 10.6 Å². The van der Waals surface area contributed by atoms with Gasteiger partial charge in [-0.3, -0.25) is 9.59 Å². The Morgan fingerprint density at radius 1 is 1.06 bits per heavy atom. The number of hydrogen-bond donors (Lipinski definition) is 2. The number of halogens is 1. The fourth-order valence-electron chi connectivity index (χ4n) is 5.40. The quantitative estimate of drug-likeness (QED) is 0.539. The lowest BCUT2D eigenvalue weighted by atomic mass is 9.84. The molecule has 4 rings (SSSR count). The zero-order chi connectivity index (χ0) is 24.8. The van der Waals surface area contributed by atoms with Crippen molar-refractivity contribution in [2.24, 2.45) is 5.92 Å². The third-order valence-corrected chi connectivity index (χ3v) is 7.61. The molecule has 188 valence electrons. The second-order valence-electron chi connectivity index (χ2n) is 10.2. The van der Waals surface area contributed by atoms with Gasteiger partial charge in [0.1, 0.15) is 11.9 Å². The van der Waals surface area contributed by atoms with Crippen molar-refractivity contribution in [2.75, 3.05) is 24.5 Å². The minimum atomic E-state index is -0.529. The largest absolute Gasteiger partial charge is 0.369 e. The molecule has 0 aromatic heterocycles. The first kappa shape index (κ1) is 25.2. The zero-order valence-electron chi connectivity index (χ0n) is 21.0. The molecule has 0 bridgehead atoms. The predicted octanol–water partition coefficient (Wildman–Crippen LogP) is 4.87. The van der Waals surface area contributed by atoms with Gasteiger partial charge in [-0.15, -0.1) is 0 Å². The Morgan fingerprint density at radius 2 is 1.80 bits per heavy atom. The molecule has 0 radical (unpaired) electrons. The average Bonchev–Trinajstić information content (AvgIpc) is 3.26. The van der Waals surface area contributed by atoms with Crippen LogP contribution in [0.15, 0.2) is 42.5 Å². The van der Waals surface area contributed by atoms with Crippen molar-refractivity contribution < 1.29 is 14.0 Å². The molecule has 6 heteroatoms. The van der Waals surface area contributed by atoms with Gasteiger partial charge in [-0.1, -0.05) is 61.9 Å². The van der Waals surface area contributed by atoms with Crippen molar-refractivity contribution in [3.8, 4) is 0 Å². The van der Waals surface area contributed by atoms with Crippen molar-refractivity contribution >= 4 is 17.5 Å². The van der Waals surface area contributed by atoms with Gasteiger partial charge < -0.3 is 15.5 Å². The molecule has 2 aromatic rings. The van der Waals surface area contributed by atoms with Crippen LogP contribution in [0.5, 0.6) is 0 Å². The summed E-state index contributed by atoms with van der Waals surface area (Å²) in [6, 6.07) is 12.4. The summed E-state index contributed by atoms with van der Waals surface area (Å²) in [7, 11) is 0. The maximum absolute atomic E-state index is 13.5. The molecule has 1 saturated carbocycles. The molecule has 0 saturated heterocycles. The molecule has 2 N–H and O–H groups in total. The van der Waals surface area contributed by atoms with E-state index in [-0.39, 0.29) is 23.5 Å². The van der Waals surface area contributed by atoms with Crippen LogP contribution in [0.4, 0.5) is 10.1 Å². The normalized spacial score (nSPS) is 17.5. The lowest BCUT2D eigenvalue weighted by molar-refractivity contribution is -0.130. The van der Waals surface area contributed by atoms with E-state index >= 15 is 0 Å². The van der Waals surface area contributed by atoms with E-state index in [9.17, 15) is 14.0 Å². The average molecular weight is 480 g/mol. The van der Waals surface area contributed by atoms with Crippen LogP contribution in [0, 0.1) is 18.7 Å². The maximum atomic E-state index is 13.5.